The van der Waals surface area contributed by atoms with Crippen LogP contribution >= 0.6 is 0 Å². The summed E-state index contributed by atoms with van der Waals surface area (Å²) in [5, 5.41) is 1.18. The number of nitrogens with zero attached hydrogens (tertiary/aromatic N) is 2. The molecule has 19 heavy (non-hydrogen) atoms. The molecule has 3 nitrogen and oxygen atoms in total. The molecule has 0 aliphatic carbocycles. The van der Waals surface area contributed by atoms with E-state index in [2.05, 4.69) is 42.1 Å². The van der Waals surface area contributed by atoms with Crippen LogP contribution < -0.4 is 4.90 Å². The van der Waals surface area contributed by atoms with Gasteiger partial charge in [-0.15, -0.1) is 0 Å². The number of benzene rings is 1. The van der Waals surface area contributed by atoms with Crippen LogP contribution in [0.2, 0.25) is 0 Å². The topological polar surface area (TPSA) is 29.3 Å². The predicted octanol–water partition coefficient (Wildman–Crippen LogP) is 3.77. The zero-order chi connectivity index (χ0) is 13.2. The molecule has 3 heteroatoms. The summed E-state index contributed by atoms with van der Waals surface area (Å²) in [7, 11) is 2.07. The summed E-state index contributed by atoms with van der Waals surface area (Å²) in [6, 6.07) is 12.3. The Morgan fingerprint density at radius 3 is 2.89 bits per heavy atom. The van der Waals surface area contributed by atoms with E-state index in [4.69, 9.17) is 4.42 Å². The number of rotatable bonds is 3. The lowest BCUT2D eigenvalue weighted by Crippen LogP contribution is -2.16. The molecule has 3 aromatic rings. The molecule has 0 bridgehead atoms. The molecule has 0 amide bonds. The van der Waals surface area contributed by atoms with E-state index in [-0.39, 0.29) is 0 Å². The minimum Gasteiger partial charge on any atom is -0.467 e. The van der Waals surface area contributed by atoms with Gasteiger partial charge in [-0.25, -0.2) is 0 Å². The normalized spacial score (nSPS) is 10.8. The maximum absolute atomic E-state index is 5.40. The third kappa shape index (κ3) is 2.32. The van der Waals surface area contributed by atoms with E-state index in [1.54, 1.807) is 6.26 Å². The summed E-state index contributed by atoms with van der Waals surface area (Å²) in [5.41, 5.74) is 3.44. The maximum Gasteiger partial charge on any atom is 0.123 e. The summed E-state index contributed by atoms with van der Waals surface area (Å²) in [6.07, 6.45) is 3.56. The lowest BCUT2D eigenvalue weighted by Gasteiger charge is -2.19. The van der Waals surface area contributed by atoms with Gasteiger partial charge in [0.1, 0.15) is 5.76 Å². The molecule has 0 saturated carbocycles. The van der Waals surface area contributed by atoms with E-state index in [0.717, 1.165) is 17.8 Å². The van der Waals surface area contributed by atoms with E-state index in [0.29, 0.717) is 0 Å². The van der Waals surface area contributed by atoms with Crippen molar-refractivity contribution < 1.29 is 4.42 Å². The van der Waals surface area contributed by atoms with Gasteiger partial charge < -0.3 is 9.32 Å². The van der Waals surface area contributed by atoms with Gasteiger partial charge in [0.05, 0.1) is 18.3 Å². The lowest BCUT2D eigenvalue weighted by atomic mass is 10.1. The fourth-order valence-corrected chi connectivity index (χ4v) is 2.30. The van der Waals surface area contributed by atoms with E-state index in [9.17, 15) is 0 Å². The molecular formula is C16H16N2O. The van der Waals surface area contributed by atoms with Crippen LogP contribution in [0.15, 0.2) is 53.3 Å². The van der Waals surface area contributed by atoms with E-state index < -0.39 is 0 Å². The molecule has 3 rings (SSSR count). The minimum atomic E-state index is 0.750. The van der Waals surface area contributed by atoms with Crippen molar-refractivity contribution in [3.05, 3.63) is 60.2 Å². The molecule has 2 aromatic heterocycles. The minimum absolute atomic E-state index is 0.750. The molecule has 1 aromatic carbocycles. The van der Waals surface area contributed by atoms with Crippen molar-refractivity contribution in [2.75, 3.05) is 11.9 Å². The van der Waals surface area contributed by atoms with Gasteiger partial charge in [0.2, 0.25) is 0 Å². The van der Waals surface area contributed by atoms with Crippen molar-refractivity contribution in [3.8, 4) is 0 Å². The Hall–Kier alpha value is -2.29. The summed E-state index contributed by atoms with van der Waals surface area (Å²) in [6.45, 7) is 2.85. The van der Waals surface area contributed by atoms with Crippen molar-refractivity contribution in [2.24, 2.45) is 0 Å². The van der Waals surface area contributed by atoms with Crippen LogP contribution in [0.1, 0.15) is 11.3 Å². The van der Waals surface area contributed by atoms with Gasteiger partial charge in [-0.05, 0) is 37.3 Å². The van der Waals surface area contributed by atoms with Crippen LogP contribution in [-0.4, -0.2) is 12.0 Å². The number of hydrogen-bond acceptors (Lipinski definition) is 3. The second-order valence-corrected chi connectivity index (χ2v) is 4.79. The highest BCUT2D eigenvalue weighted by molar-refractivity contribution is 5.91. The molecule has 0 atom stereocenters. The second kappa shape index (κ2) is 4.76. The summed E-state index contributed by atoms with van der Waals surface area (Å²) in [5.74, 6) is 0.958. The van der Waals surface area contributed by atoms with Crippen molar-refractivity contribution in [3.63, 3.8) is 0 Å². The summed E-state index contributed by atoms with van der Waals surface area (Å²) < 4.78 is 5.40. The van der Waals surface area contributed by atoms with Crippen LogP contribution in [-0.2, 0) is 6.54 Å². The Morgan fingerprint density at radius 1 is 1.21 bits per heavy atom. The molecular weight excluding hydrogens is 236 g/mol. The summed E-state index contributed by atoms with van der Waals surface area (Å²) >= 11 is 0. The number of aryl methyl sites for hydroxylation is 1. The fourth-order valence-electron chi connectivity index (χ4n) is 2.30. The van der Waals surface area contributed by atoms with Crippen molar-refractivity contribution in [1.82, 2.24) is 4.98 Å². The van der Waals surface area contributed by atoms with Crippen molar-refractivity contribution in [1.29, 1.82) is 0 Å². The molecule has 0 spiro atoms. The van der Waals surface area contributed by atoms with Crippen LogP contribution in [0.4, 0.5) is 5.69 Å². The van der Waals surface area contributed by atoms with Gasteiger partial charge in [-0.3, -0.25) is 4.98 Å². The van der Waals surface area contributed by atoms with Gasteiger partial charge >= 0.3 is 0 Å². The van der Waals surface area contributed by atoms with E-state index in [1.807, 2.05) is 24.4 Å². The second-order valence-electron chi connectivity index (χ2n) is 4.79. The average molecular weight is 252 g/mol. The molecule has 0 radical (unpaired) electrons. The number of hydrogen-bond donors (Lipinski definition) is 0. The highest BCUT2D eigenvalue weighted by atomic mass is 16.3. The number of pyridine rings is 1. The number of furan rings is 1. The van der Waals surface area contributed by atoms with Crippen LogP contribution in [0.3, 0.4) is 0 Å². The van der Waals surface area contributed by atoms with Crippen molar-refractivity contribution in [2.45, 2.75) is 13.5 Å². The Labute approximate surface area is 112 Å². The highest BCUT2D eigenvalue weighted by Gasteiger charge is 2.08. The molecule has 0 aliphatic rings. The van der Waals surface area contributed by atoms with Gasteiger partial charge in [0.15, 0.2) is 0 Å². The number of aromatic nitrogens is 1. The van der Waals surface area contributed by atoms with Crippen LogP contribution in [0.25, 0.3) is 10.9 Å². The quantitative estimate of drug-likeness (QED) is 0.710. The predicted molar refractivity (Wildman–Crippen MR) is 77.3 cm³/mol. The maximum atomic E-state index is 5.40. The Morgan fingerprint density at radius 2 is 2.11 bits per heavy atom. The Kier molecular flexibility index (Phi) is 2.95. The van der Waals surface area contributed by atoms with Crippen LogP contribution in [0.5, 0.6) is 0 Å². The molecule has 2 heterocycles. The van der Waals surface area contributed by atoms with Gasteiger partial charge in [-0.2, -0.15) is 0 Å². The van der Waals surface area contributed by atoms with Crippen molar-refractivity contribution >= 4 is 16.6 Å². The van der Waals surface area contributed by atoms with Gasteiger partial charge in [0, 0.05) is 24.3 Å². The average Bonchev–Trinajstić information content (AvgIpc) is 2.90. The van der Waals surface area contributed by atoms with Gasteiger partial charge in [-0.1, -0.05) is 11.6 Å². The first kappa shape index (κ1) is 11.8. The first-order valence-electron chi connectivity index (χ1n) is 6.33. The van der Waals surface area contributed by atoms with E-state index >= 15 is 0 Å². The molecule has 96 valence electrons. The Balaban J connectivity index is 2.01. The third-order valence-corrected chi connectivity index (χ3v) is 3.26. The smallest absolute Gasteiger partial charge is 0.123 e. The molecule has 0 saturated heterocycles. The molecule has 0 N–H and O–H groups in total. The number of anilines is 1. The SMILES string of the molecule is Cc1ccc2nccc(N(C)Cc3ccco3)c2c1. The zero-order valence-corrected chi connectivity index (χ0v) is 11.1. The first-order chi connectivity index (χ1) is 9.24. The monoisotopic (exact) mass is 252 g/mol. The van der Waals surface area contributed by atoms with E-state index in [1.165, 1.54) is 16.6 Å². The zero-order valence-electron chi connectivity index (χ0n) is 11.1. The molecule has 0 unspecified atom stereocenters. The molecule has 0 fully saturated rings. The fraction of sp³-hybridized carbons (Fsp3) is 0.188. The molecule has 0 aliphatic heterocycles. The standard InChI is InChI=1S/C16H16N2O/c1-12-5-6-15-14(10-12)16(7-8-17-15)18(2)11-13-4-3-9-19-13/h3-10H,11H2,1-2H3. The largest absolute Gasteiger partial charge is 0.467 e. The first-order valence-corrected chi connectivity index (χ1v) is 6.33. The Bertz CT molecular complexity index is 689. The summed E-state index contributed by atoms with van der Waals surface area (Å²) in [4.78, 5) is 6.60. The van der Waals surface area contributed by atoms with Gasteiger partial charge in [0.25, 0.3) is 0 Å². The lowest BCUT2D eigenvalue weighted by molar-refractivity contribution is 0.508. The third-order valence-electron chi connectivity index (χ3n) is 3.26. The highest BCUT2D eigenvalue weighted by Crippen LogP contribution is 2.26. The number of fused-ring (bicyclic) bond motifs is 1. The van der Waals surface area contributed by atoms with Crippen LogP contribution in [0, 0.1) is 6.92 Å².